The molecule has 1 aliphatic rings. The first kappa shape index (κ1) is 17.3. The smallest absolute Gasteiger partial charge is 0.0544 e. The number of H-pyrrole nitrogens is 1. The molecule has 5 aromatic carbocycles. The van der Waals surface area contributed by atoms with Crippen molar-refractivity contribution < 1.29 is 0 Å². The molecule has 8 rings (SSSR count). The summed E-state index contributed by atoms with van der Waals surface area (Å²) in [6, 6.07) is 37.6. The quantitative estimate of drug-likeness (QED) is 0.278. The fourth-order valence-corrected chi connectivity index (χ4v) is 5.94. The van der Waals surface area contributed by atoms with Gasteiger partial charge in [-0.3, -0.25) is 0 Å². The van der Waals surface area contributed by atoms with Crippen LogP contribution in [-0.4, -0.2) is 9.55 Å². The summed E-state index contributed by atoms with van der Waals surface area (Å²) in [6.45, 7) is 0. The van der Waals surface area contributed by atoms with E-state index in [1.165, 1.54) is 71.6 Å². The van der Waals surface area contributed by atoms with Crippen molar-refractivity contribution in [1.29, 1.82) is 0 Å². The number of benzene rings is 5. The number of nitrogens with zero attached hydrogens (tertiary/aromatic N) is 1. The second-order valence-corrected chi connectivity index (χ2v) is 9.08. The molecule has 154 valence electrons. The van der Waals surface area contributed by atoms with Gasteiger partial charge in [0.05, 0.1) is 11.0 Å². The van der Waals surface area contributed by atoms with E-state index in [0.29, 0.717) is 0 Å². The second-order valence-electron chi connectivity index (χ2n) is 9.08. The van der Waals surface area contributed by atoms with Gasteiger partial charge >= 0.3 is 0 Å². The fraction of sp³-hybridized carbons (Fsp3) is 0.0323. The molecule has 33 heavy (non-hydrogen) atoms. The van der Waals surface area contributed by atoms with Crippen molar-refractivity contribution in [2.75, 3.05) is 0 Å². The number of aromatic nitrogens is 2. The molecule has 0 radical (unpaired) electrons. The van der Waals surface area contributed by atoms with Crippen molar-refractivity contribution in [1.82, 2.24) is 9.55 Å². The molecule has 0 atom stereocenters. The predicted molar refractivity (Wildman–Crippen MR) is 138 cm³/mol. The van der Waals surface area contributed by atoms with Crippen LogP contribution in [-0.2, 0) is 6.42 Å². The number of aromatic amines is 1. The van der Waals surface area contributed by atoms with Gasteiger partial charge in [-0.2, -0.15) is 0 Å². The van der Waals surface area contributed by atoms with E-state index in [4.69, 9.17) is 0 Å². The molecule has 1 aliphatic carbocycles. The summed E-state index contributed by atoms with van der Waals surface area (Å²) in [6.07, 6.45) is 0.979. The minimum Gasteiger partial charge on any atom is -0.354 e. The Kier molecular flexibility index (Phi) is 3.22. The van der Waals surface area contributed by atoms with Gasteiger partial charge in [0.25, 0.3) is 0 Å². The maximum atomic E-state index is 3.63. The molecule has 2 heteroatoms. The normalized spacial score (nSPS) is 12.7. The van der Waals surface area contributed by atoms with Crippen LogP contribution < -0.4 is 0 Å². The molecule has 2 heterocycles. The molecule has 1 N–H and O–H groups in total. The molecule has 2 aromatic heterocycles. The molecule has 0 unspecified atom stereocenters. The molecule has 0 fully saturated rings. The van der Waals surface area contributed by atoms with Crippen LogP contribution >= 0.6 is 0 Å². The van der Waals surface area contributed by atoms with Crippen molar-refractivity contribution in [2.45, 2.75) is 6.42 Å². The zero-order valence-corrected chi connectivity index (χ0v) is 18.0. The SMILES string of the molecule is c1ccc(-n2c3ccccc3c3cc4c(cc32)Cc2ccc3[nH]c5ccccc5c3c2-4)cc1. The highest BCUT2D eigenvalue weighted by Crippen LogP contribution is 2.46. The highest BCUT2D eigenvalue weighted by Gasteiger charge is 2.25. The third kappa shape index (κ3) is 2.22. The third-order valence-corrected chi connectivity index (χ3v) is 7.32. The van der Waals surface area contributed by atoms with Gasteiger partial charge in [-0.25, -0.2) is 0 Å². The van der Waals surface area contributed by atoms with E-state index in [2.05, 4.69) is 113 Å². The van der Waals surface area contributed by atoms with Crippen LogP contribution in [0.2, 0.25) is 0 Å². The Morgan fingerprint density at radius 3 is 2.27 bits per heavy atom. The Hall–Kier alpha value is -4.30. The fourth-order valence-electron chi connectivity index (χ4n) is 5.94. The Labute approximate surface area is 190 Å². The monoisotopic (exact) mass is 420 g/mol. The third-order valence-electron chi connectivity index (χ3n) is 7.32. The second kappa shape index (κ2) is 6.14. The van der Waals surface area contributed by atoms with Gasteiger partial charge in [-0.1, -0.05) is 60.7 Å². The maximum absolute atomic E-state index is 3.63. The van der Waals surface area contributed by atoms with Crippen LogP contribution in [0.25, 0.3) is 60.4 Å². The Morgan fingerprint density at radius 2 is 1.36 bits per heavy atom. The Balaban J connectivity index is 1.51. The lowest BCUT2D eigenvalue weighted by atomic mass is 9.98. The zero-order valence-electron chi connectivity index (χ0n) is 18.0. The van der Waals surface area contributed by atoms with Crippen molar-refractivity contribution in [3.63, 3.8) is 0 Å². The molecule has 0 aliphatic heterocycles. The average molecular weight is 421 g/mol. The Morgan fingerprint density at radius 1 is 0.576 bits per heavy atom. The van der Waals surface area contributed by atoms with Crippen LogP contribution in [0.5, 0.6) is 0 Å². The highest BCUT2D eigenvalue weighted by molar-refractivity contribution is 6.18. The molecule has 7 aromatic rings. The number of hydrogen-bond donors (Lipinski definition) is 1. The number of nitrogens with one attached hydrogen (secondary N) is 1. The van der Waals surface area contributed by atoms with Gasteiger partial charge in [0.2, 0.25) is 0 Å². The minimum absolute atomic E-state index is 0.979. The molecule has 0 saturated carbocycles. The van der Waals surface area contributed by atoms with E-state index in [-0.39, 0.29) is 0 Å². The van der Waals surface area contributed by atoms with Gasteiger partial charge in [0.15, 0.2) is 0 Å². The van der Waals surface area contributed by atoms with Crippen molar-refractivity contribution in [3.8, 4) is 16.8 Å². The minimum atomic E-state index is 0.979. The van der Waals surface area contributed by atoms with Gasteiger partial charge < -0.3 is 9.55 Å². The lowest BCUT2D eigenvalue weighted by molar-refractivity contribution is 1.17. The molecular weight excluding hydrogens is 400 g/mol. The lowest BCUT2D eigenvalue weighted by Gasteiger charge is -2.09. The van der Waals surface area contributed by atoms with Gasteiger partial charge in [0.1, 0.15) is 0 Å². The average Bonchev–Trinajstić information content (AvgIpc) is 3.51. The van der Waals surface area contributed by atoms with Crippen molar-refractivity contribution in [2.24, 2.45) is 0 Å². The van der Waals surface area contributed by atoms with Gasteiger partial charge in [-0.15, -0.1) is 0 Å². The lowest BCUT2D eigenvalue weighted by Crippen LogP contribution is -1.93. The molecule has 0 saturated heterocycles. The Bertz CT molecular complexity index is 1880. The van der Waals surface area contributed by atoms with Crippen molar-refractivity contribution in [3.05, 3.63) is 114 Å². The predicted octanol–water partition coefficient (Wildman–Crippen LogP) is 7.99. The van der Waals surface area contributed by atoms with E-state index in [1.54, 1.807) is 0 Å². The first-order chi connectivity index (χ1) is 16.4. The summed E-state index contributed by atoms with van der Waals surface area (Å²) in [5, 5.41) is 5.29. The standard InChI is InChI=1S/C31H20N2/c1-2-8-21(9-3-1)33-28-13-7-5-10-22(28)25-18-24-20(17-29(25)33)16-19-14-15-27-31(30(19)24)23-11-4-6-12-26(23)32-27/h1-15,17-18,32H,16H2. The van der Waals surface area contributed by atoms with E-state index in [9.17, 15) is 0 Å². The summed E-state index contributed by atoms with van der Waals surface area (Å²) in [7, 11) is 0. The maximum Gasteiger partial charge on any atom is 0.0544 e. The highest BCUT2D eigenvalue weighted by atomic mass is 15.0. The topological polar surface area (TPSA) is 20.7 Å². The number of rotatable bonds is 1. The molecule has 0 amide bonds. The molecule has 0 bridgehead atoms. The van der Waals surface area contributed by atoms with E-state index < -0.39 is 0 Å². The molecule has 0 spiro atoms. The number of fused-ring (bicyclic) bond motifs is 10. The van der Waals surface area contributed by atoms with E-state index >= 15 is 0 Å². The first-order valence-electron chi connectivity index (χ1n) is 11.5. The van der Waals surface area contributed by atoms with Crippen LogP contribution in [0.1, 0.15) is 11.1 Å². The number of para-hydroxylation sites is 3. The van der Waals surface area contributed by atoms with Crippen molar-refractivity contribution >= 4 is 43.6 Å². The van der Waals surface area contributed by atoms with Gasteiger partial charge in [0, 0.05) is 38.3 Å². The molecular formula is C31H20N2. The van der Waals surface area contributed by atoms with Crippen LogP contribution in [0, 0.1) is 0 Å². The summed E-state index contributed by atoms with van der Waals surface area (Å²) in [5.41, 5.74) is 11.8. The first-order valence-corrected chi connectivity index (χ1v) is 11.5. The summed E-state index contributed by atoms with van der Waals surface area (Å²) in [4.78, 5) is 3.63. The largest absolute Gasteiger partial charge is 0.354 e. The van der Waals surface area contributed by atoms with E-state index in [1.807, 2.05) is 0 Å². The molecule has 2 nitrogen and oxygen atoms in total. The van der Waals surface area contributed by atoms with Crippen LogP contribution in [0.3, 0.4) is 0 Å². The number of hydrogen-bond acceptors (Lipinski definition) is 0. The summed E-state index contributed by atoms with van der Waals surface area (Å²) in [5.74, 6) is 0. The summed E-state index contributed by atoms with van der Waals surface area (Å²) < 4.78 is 2.41. The summed E-state index contributed by atoms with van der Waals surface area (Å²) >= 11 is 0. The zero-order chi connectivity index (χ0) is 21.5. The van der Waals surface area contributed by atoms with Crippen LogP contribution in [0.4, 0.5) is 0 Å². The van der Waals surface area contributed by atoms with E-state index in [0.717, 1.165) is 6.42 Å². The van der Waals surface area contributed by atoms with Crippen LogP contribution in [0.15, 0.2) is 103 Å². The van der Waals surface area contributed by atoms with Gasteiger partial charge in [-0.05, 0) is 71.1 Å².